The average Bonchev–Trinajstić information content (AvgIpc) is 2.72. The van der Waals surface area contributed by atoms with Gasteiger partial charge in [0.2, 0.25) is 5.16 Å². The number of rotatable bonds is 4. The third kappa shape index (κ3) is 2.77. The summed E-state index contributed by atoms with van der Waals surface area (Å²) < 4.78 is 0. The van der Waals surface area contributed by atoms with Gasteiger partial charge < -0.3 is 5.73 Å². The summed E-state index contributed by atoms with van der Waals surface area (Å²) in [4.78, 5) is 14.3. The fourth-order valence-corrected chi connectivity index (χ4v) is 2.18. The van der Waals surface area contributed by atoms with Crippen molar-refractivity contribution in [3.63, 3.8) is 0 Å². The molecule has 1 aromatic heterocycles. The van der Waals surface area contributed by atoms with E-state index in [0.717, 1.165) is 11.4 Å². The summed E-state index contributed by atoms with van der Waals surface area (Å²) in [6.45, 7) is 1.82. The van der Waals surface area contributed by atoms with Crippen LogP contribution < -0.4 is 5.73 Å². The van der Waals surface area contributed by atoms with E-state index in [1.165, 1.54) is 17.8 Å². The molecular weight excluding hydrogens is 254 g/mol. The number of anilines is 1. The van der Waals surface area contributed by atoms with Crippen molar-refractivity contribution in [1.82, 2.24) is 15.2 Å². The van der Waals surface area contributed by atoms with Gasteiger partial charge in [0.1, 0.15) is 11.5 Å². The minimum atomic E-state index is -0.495. The smallest absolute Gasteiger partial charge is 0.292 e. The zero-order valence-electron chi connectivity index (χ0n) is 9.58. The first-order valence-corrected chi connectivity index (χ1v) is 6.09. The van der Waals surface area contributed by atoms with Crippen molar-refractivity contribution in [2.75, 3.05) is 5.73 Å². The zero-order chi connectivity index (χ0) is 13.1. The minimum Gasteiger partial charge on any atom is -0.393 e. The number of nitro groups is 1. The zero-order valence-corrected chi connectivity index (χ0v) is 10.4. The average molecular weight is 265 g/mol. The Bertz CT molecular complexity index is 583. The lowest BCUT2D eigenvalue weighted by atomic mass is 10.2. The van der Waals surface area contributed by atoms with Crippen LogP contribution in [-0.4, -0.2) is 20.1 Å². The lowest BCUT2D eigenvalue weighted by molar-refractivity contribution is -0.383. The van der Waals surface area contributed by atoms with Gasteiger partial charge in [0.25, 0.3) is 5.69 Å². The van der Waals surface area contributed by atoms with Crippen LogP contribution in [0, 0.1) is 17.0 Å². The van der Waals surface area contributed by atoms with Crippen molar-refractivity contribution in [1.29, 1.82) is 0 Å². The van der Waals surface area contributed by atoms with Crippen molar-refractivity contribution in [2.24, 2.45) is 0 Å². The number of nitrogen functional groups attached to an aromatic ring is 1. The van der Waals surface area contributed by atoms with Gasteiger partial charge in [0.15, 0.2) is 0 Å². The number of nitrogens with zero attached hydrogens (tertiary/aromatic N) is 3. The Kier molecular flexibility index (Phi) is 3.47. The molecule has 18 heavy (non-hydrogen) atoms. The van der Waals surface area contributed by atoms with Gasteiger partial charge in [-0.15, -0.1) is 5.10 Å². The van der Waals surface area contributed by atoms with Gasteiger partial charge in [0, 0.05) is 11.8 Å². The lowest BCUT2D eigenvalue weighted by Gasteiger charge is -2.01. The van der Waals surface area contributed by atoms with E-state index in [4.69, 9.17) is 5.73 Å². The summed E-state index contributed by atoms with van der Waals surface area (Å²) in [5, 5.41) is 18.0. The van der Waals surface area contributed by atoms with Crippen molar-refractivity contribution < 1.29 is 4.92 Å². The van der Waals surface area contributed by atoms with Crippen molar-refractivity contribution in [3.05, 3.63) is 39.7 Å². The molecule has 0 spiro atoms. The normalized spacial score (nSPS) is 10.5. The Labute approximate surface area is 107 Å². The summed E-state index contributed by atoms with van der Waals surface area (Å²) in [6.07, 6.45) is 0. The second-order valence-electron chi connectivity index (χ2n) is 3.64. The number of nitro benzene ring substituents is 1. The van der Waals surface area contributed by atoms with Crippen molar-refractivity contribution >= 4 is 23.1 Å². The van der Waals surface area contributed by atoms with Crippen LogP contribution >= 0.6 is 11.8 Å². The minimum absolute atomic E-state index is 0.0718. The van der Waals surface area contributed by atoms with Gasteiger partial charge >= 0.3 is 0 Å². The molecule has 8 heteroatoms. The molecule has 0 saturated carbocycles. The maximum absolute atomic E-state index is 10.6. The highest BCUT2D eigenvalue weighted by molar-refractivity contribution is 7.98. The molecule has 0 radical (unpaired) electrons. The summed E-state index contributed by atoms with van der Waals surface area (Å²) in [5.41, 5.74) is 6.60. The number of H-pyrrole nitrogens is 1. The predicted octanol–water partition coefficient (Wildman–Crippen LogP) is 1.90. The first-order valence-electron chi connectivity index (χ1n) is 5.11. The van der Waals surface area contributed by atoms with Gasteiger partial charge in [-0.1, -0.05) is 17.8 Å². The molecule has 0 aliphatic heterocycles. The molecule has 1 heterocycles. The maximum Gasteiger partial charge on any atom is 0.292 e. The summed E-state index contributed by atoms with van der Waals surface area (Å²) in [7, 11) is 0. The molecule has 1 aromatic carbocycles. The molecular formula is C10H11N5O2S. The monoisotopic (exact) mass is 265 g/mol. The molecule has 2 aromatic rings. The van der Waals surface area contributed by atoms with E-state index in [-0.39, 0.29) is 11.4 Å². The summed E-state index contributed by atoms with van der Waals surface area (Å²) in [6, 6.07) is 4.69. The van der Waals surface area contributed by atoms with Crippen LogP contribution in [0.5, 0.6) is 0 Å². The largest absolute Gasteiger partial charge is 0.393 e. The fraction of sp³-hybridized carbons (Fsp3) is 0.200. The molecule has 7 nitrogen and oxygen atoms in total. The Hall–Kier alpha value is -2.09. The van der Waals surface area contributed by atoms with Crippen LogP contribution in [0.2, 0.25) is 0 Å². The molecule has 0 bridgehead atoms. The molecule has 0 aliphatic carbocycles. The van der Waals surface area contributed by atoms with Crippen LogP contribution in [0.15, 0.2) is 23.4 Å². The number of hydrogen-bond donors (Lipinski definition) is 2. The molecule has 0 fully saturated rings. The standard InChI is InChI=1S/C10H11N5O2S/c1-6-12-10(14-13-6)18-5-7-2-3-9(15(16)17)8(11)4-7/h2-4H,5,11H2,1H3,(H,12,13,14). The van der Waals surface area contributed by atoms with Crippen molar-refractivity contribution in [3.8, 4) is 0 Å². The van der Waals surface area contributed by atoms with Gasteiger partial charge in [-0.3, -0.25) is 15.2 Å². The SMILES string of the molecule is Cc1nc(SCc2ccc([N+](=O)[O-])c(N)c2)n[nH]1. The Morgan fingerprint density at radius 3 is 2.89 bits per heavy atom. The molecule has 2 rings (SSSR count). The van der Waals surface area contributed by atoms with Gasteiger partial charge in [0.05, 0.1) is 4.92 Å². The Morgan fingerprint density at radius 1 is 1.56 bits per heavy atom. The number of aromatic amines is 1. The van der Waals surface area contributed by atoms with E-state index in [1.54, 1.807) is 12.1 Å². The topological polar surface area (TPSA) is 111 Å². The number of thioether (sulfide) groups is 1. The van der Waals surface area contributed by atoms with Gasteiger partial charge in [-0.25, -0.2) is 4.98 Å². The summed E-state index contributed by atoms with van der Waals surface area (Å²) >= 11 is 1.44. The number of nitrogens with two attached hydrogens (primary N) is 1. The highest BCUT2D eigenvalue weighted by Crippen LogP contribution is 2.25. The van der Waals surface area contributed by atoms with Crippen LogP contribution in [0.3, 0.4) is 0 Å². The van der Waals surface area contributed by atoms with Crippen molar-refractivity contribution in [2.45, 2.75) is 17.8 Å². The first-order chi connectivity index (χ1) is 8.56. The quantitative estimate of drug-likeness (QED) is 0.378. The molecule has 0 unspecified atom stereocenters. The first kappa shape index (κ1) is 12.4. The van der Waals surface area contributed by atoms with Crippen LogP contribution in [0.25, 0.3) is 0 Å². The highest BCUT2D eigenvalue weighted by atomic mass is 32.2. The van der Waals surface area contributed by atoms with Gasteiger partial charge in [-0.2, -0.15) is 0 Å². The molecule has 0 atom stereocenters. The number of benzene rings is 1. The van der Waals surface area contributed by atoms with E-state index >= 15 is 0 Å². The number of aromatic nitrogens is 3. The van der Waals surface area contributed by atoms with Crippen LogP contribution in [0.4, 0.5) is 11.4 Å². The fourth-order valence-electron chi connectivity index (χ4n) is 1.39. The third-order valence-corrected chi connectivity index (χ3v) is 3.15. The Morgan fingerprint density at radius 2 is 2.33 bits per heavy atom. The third-order valence-electron chi connectivity index (χ3n) is 2.23. The van der Waals surface area contributed by atoms with E-state index in [2.05, 4.69) is 15.2 Å². The number of hydrogen-bond acceptors (Lipinski definition) is 6. The van der Waals surface area contributed by atoms with E-state index < -0.39 is 4.92 Å². The number of aryl methyl sites for hydroxylation is 1. The second-order valence-corrected chi connectivity index (χ2v) is 4.58. The van der Waals surface area contributed by atoms with E-state index in [9.17, 15) is 10.1 Å². The highest BCUT2D eigenvalue weighted by Gasteiger charge is 2.11. The van der Waals surface area contributed by atoms with E-state index in [1.807, 2.05) is 6.92 Å². The van der Waals surface area contributed by atoms with Crippen LogP contribution in [-0.2, 0) is 5.75 Å². The van der Waals surface area contributed by atoms with E-state index in [0.29, 0.717) is 10.9 Å². The lowest BCUT2D eigenvalue weighted by Crippen LogP contribution is -1.96. The molecule has 0 amide bonds. The molecule has 94 valence electrons. The second kappa shape index (κ2) is 5.05. The predicted molar refractivity (Wildman–Crippen MR) is 68.2 cm³/mol. The molecule has 0 aliphatic rings. The summed E-state index contributed by atoms with van der Waals surface area (Å²) in [5.74, 6) is 1.36. The number of nitrogens with one attached hydrogen (secondary N) is 1. The molecule has 3 N–H and O–H groups in total. The van der Waals surface area contributed by atoms with Gasteiger partial charge in [-0.05, 0) is 18.6 Å². The molecule has 0 saturated heterocycles. The van der Waals surface area contributed by atoms with Crippen LogP contribution in [0.1, 0.15) is 11.4 Å². The maximum atomic E-state index is 10.6. The Balaban J connectivity index is 2.06.